The summed E-state index contributed by atoms with van der Waals surface area (Å²) in [6, 6.07) is 9.08. The number of hydrogen-bond acceptors (Lipinski definition) is 5. The highest BCUT2D eigenvalue weighted by Crippen LogP contribution is 2.18. The monoisotopic (exact) mass is 360 g/mol. The fourth-order valence-corrected chi connectivity index (χ4v) is 2.44. The van der Waals surface area contributed by atoms with E-state index in [1.54, 1.807) is 25.1 Å². The van der Waals surface area contributed by atoms with Crippen molar-refractivity contribution in [3.8, 4) is 0 Å². The summed E-state index contributed by atoms with van der Waals surface area (Å²) in [7, 11) is 1.14. The second-order valence-electron chi connectivity index (χ2n) is 5.69. The number of hydrogen-bond donors (Lipinski definition) is 1. The molecule has 0 radical (unpaired) electrons. The number of esters is 1. The molecule has 1 unspecified atom stereocenters. The number of benzene rings is 2. The van der Waals surface area contributed by atoms with Crippen molar-refractivity contribution in [2.24, 2.45) is 0 Å². The van der Waals surface area contributed by atoms with E-state index in [0.717, 1.165) is 19.2 Å². The third-order valence-electron chi connectivity index (χ3n) is 3.67. The molecule has 26 heavy (non-hydrogen) atoms. The lowest BCUT2D eigenvalue weighted by Crippen LogP contribution is -2.34. The van der Waals surface area contributed by atoms with Gasteiger partial charge >= 0.3 is 5.97 Å². The Labute approximate surface area is 148 Å². The van der Waals surface area contributed by atoms with E-state index in [2.05, 4.69) is 10.1 Å². The van der Waals surface area contributed by atoms with E-state index in [1.165, 1.54) is 12.1 Å². The molecular formula is C18H17FN2O5. The average molecular weight is 360 g/mol. The molecule has 0 fully saturated rings. The smallest absolute Gasteiger partial charge is 0.338 e. The van der Waals surface area contributed by atoms with Crippen LogP contribution >= 0.6 is 0 Å². The van der Waals surface area contributed by atoms with E-state index in [0.29, 0.717) is 5.56 Å². The Morgan fingerprint density at radius 3 is 2.50 bits per heavy atom. The van der Waals surface area contributed by atoms with Gasteiger partial charge in [-0.2, -0.15) is 0 Å². The third kappa shape index (κ3) is 4.62. The molecule has 8 heteroatoms. The summed E-state index contributed by atoms with van der Waals surface area (Å²) in [4.78, 5) is 34.4. The Morgan fingerprint density at radius 2 is 1.88 bits per heavy atom. The largest absolute Gasteiger partial charge is 0.465 e. The molecule has 0 heterocycles. The summed E-state index contributed by atoms with van der Waals surface area (Å²) in [5, 5.41) is 13.7. The number of halogens is 1. The van der Waals surface area contributed by atoms with Crippen LogP contribution in [0.3, 0.4) is 0 Å². The number of nitro benzene ring substituents is 1. The third-order valence-corrected chi connectivity index (χ3v) is 3.67. The zero-order valence-corrected chi connectivity index (χ0v) is 14.2. The highest BCUT2D eigenvalue weighted by Gasteiger charge is 2.19. The maximum atomic E-state index is 13.7. The van der Waals surface area contributed by atoms with Gasteiger partial charge in [0.25, 0.3) is 11.6 Å². The van der Waals surface area contributed by atoms with E-state index in [-0.39, 0.29) is 23.4 Å². The van der Waals surface area contributed by atoms with Crippen LogP contribution in [-0.4, -0.2) is 30.0 Å². The van der Waals surface area contributed by atoms with Crippen LogP contribution in [0.5, 0.6) is 0 Å². The maximum Gasteiger partial charge on any atom is 0.338 e. The highest BCUT2D eigenvalue weighted by atomic mass is 19.1. The predicted octanol–water partition coefficient (Wildman–Crippen LogP) is 2.88. The summed E-state index contributed by atoms with van der Waals surface area (Å²) in [6.45, 7) is 1.68. The fourth-order valence-electron chi connectivity index (χ4n) is 2.44. The minimum Gasteiger partial charge on any atom is -0.465 e. The summed E-state index contributed by atoms with van der Waals surface area (Å²) < 4.78 is 18.2. The molecule has 1 N–H and O–H groups in total. The van der Waals surface area contributed by atoms with Gasteiger partial charge in [-0.05, 0) is 31.0 Å². The average Bonchev–Trinajstić information content (AvgIpc) is 2.62. The SMILES string of the molecule is COC(=O)c1cc(C(=O)NC(C)Cc2ccccc2F)cc([N+](=O)[O-])c1. The molecule has 0 aromatic heterocycles. The minimum atomic E-state index is -0.790. The molecule has 2 aromatic rings. The Kier molecular flexibility index (Phi) is 6.00. The number of ether oxygens (including phenoxy) is 1. The van der Waals surface area contributed by atoms with Crippen molar-refractivity contribution >= 4 is 17.6 Å². The van der Waals surface area contributed by atoms with E-state index < -0.39 is 28.5 Å². The van der Waals surface area contributed by atoms with Crippen LogP contribution in [0, 0.1) is 15.9 Å². The Balaban J connectivity index is 2.20. The molecule has 0 saturated heterocycles. The van der Waals surface area contributed by atoms with Gasteiger partial charge in [-0.15, -0.1) is 0 Å². The van der Waals surface area contributed by atoms with E-state index in [1.807, 2.05) is 0 Å². The highest BCUT2D eigenvalue weighted by molar-refractivity contribution is 5.99. The van der Waals surface area contributed by atoms with Crippen molar-refractivity contribution in [2.75, 3.05) is 7.11 Å². The first-order chi connectivity index (χ1) is 12.3. The number of carbonyl (C=O) groups is 2. The molecule has 0 aliphatic rings. The molecule has 1 atom stereocenters. The second-order valence-corrected chi connectivity index (χ2v) is 5.69. The summed E-state index contributed by atoms with van der Waals surface area (Å²) >= 11 is 0. The normalized spacial score (nSPS) is 11.5. The lowest BCUT2D eigenvalue weighted by molar-refractivity contribution is -0.384. The van der Waals surface area contributed by atoms with Crippen molar-refractivity contribution in [3.63, 3.8) is 0 Å². The van der Waals surface area contributed by atoms with Crippen molar-refractivity contribution in [2.45, 2.75) is 19.4 Å². The van der Waals surface area contributed by atoms with Gasteiger partial charge in [0.05, 0.1) is 17.6 Å². The predicted molar refractivity (Wildman–Crippen MR) is 91.5 cm³/mol. The molecular weight excluding hydrogens is 343 g/mol. The fraction of sp³-hybridized carbons (Fsp3) is 0.222. The molecule has 0 aliphatic heterocycles. The van der Waals surface area contributed by atoms with Gasteiger partial charge in [0.1, 0.15) is 5.82 Å². The summed E-state index contributed by atoms with van der Waals surface area (Å²) in [5.41, 5.74) is -0.122. The zero-order chi connectivity index (χ0) is 19.3. The number of carbonyl (C=O) groups excluding carboxylic acids is 2. The van der Waals surface area contributed by atoms with Crippen LogP contribution in [0.15, 0.2) is 42.5 Å². The molecule has 0 saturated carbocycles. The van der Waals surface area contributed by atoms with Gasteiger partial charge in [-0.25, -0.2) is 9.18 Å². The van der Waals surface area contributed by atoms with Gasteiger partial charge in [-0.1, -0.05) is 18.2 Å². The number of nitro groups is 1. The van der Waals surface area contributed by atoms with Gasteiger partial charge in [0, 0.05) is 23.7 Å². The van der Waals surface area contributed by atoms with Gasteiger partial charge in [0.15, 0.2) is 0 Å². The van der Waals surface area contributed by atoms with Crippen molar-refractivity contribution in [3.05, 3.63) is 75.1 Å². The first-order valence-electron chi connectivity index (χ1n) is 7.74. The van der Waals surface area contributed by atoms with Crippen LogP contribution in [-0.2, 0) is 11.2 Å². The van der Waals surface area contributed by atoms with Gasteiger partial charge in [-0.3, -0.25) is 14.9 Å². The van der Waals surface area contributed by atoms with Crippen molar-refractivity contribution < 1.29 is 23.6 Å². The number of nitrogens with zero attached hydrogens (tertiary/aromatic N) is 1. The van der Waals surface area contributed by atoms with Crippen molar-refractivity contribution in [1.82, 2.24) is 5.32 Å². The summed E-state index contributed by atoms with van der Waals surface area (Å²) in [5.74, 6) is -1.78. The molecule has 2 aromatic carbocycles. The number of nitrogens with one attached hydrogen (secondary N) is 1. The van der Waals surface area contributed by atoms with Gasteiger partial charge < -0.3 is 10.1 Å². The van der Waals surface area contributed by atoms with Crippen molar-refractivity contribution in [1.29, 1.82) is 0 Å². The van der Waals surface area contributed by atoms with Crippen LogP contribution < -0.4 is 5.32 Å². The van der Waals surface area contributed by atoms with E-state index in [9.17, 15) is 24.1 Å². The zero-order valence-electron chi connectivity index (χ0n) is 14.2. The molecule has 7 nitrogen and oxygen atoms in total. The lowest BCUT2D eigenvalue weighted by Gasteiger charge is -2.15. The first-order valence-corrected chi connectivity index (χ1v) is 7.74. The van der Waals surface area contributed by atoms with Crippen LogP contribution in [0.4, 0.5) is 10.1 Å². The summed E-state index contributed by atoms with van der Waals surface area (Å²) in [6.07, 6.45) is 0.247. The Bertz CT molecular complexity index is 853. The Hall–Kier alpha value is -3.29. The second kappa shape index (κ2) is 8.19. The number of methoxy groups -OCH3 is 1. The van der Waals surface area contributed by atoms with E-state index >= 15 is 0 Å². The van der Waals surface area contributed by atoms with Gasteiger partial charge in [0.2, 0.25) is 0 Å². The molecule has 2 rings (SSSR count). The molecule has 136 valence electrons. The molecule has 0 aliphatic carbocycles. The molecule has 0 spiro atoms. The standard InChI is InChI=1S/C18H17FN2O5/c1-11(7-12-5-3-4-6-16(12)19)20-17(22)13-8-14(18(23)26-2)10-15(9-13)21(24)25/h3-6,8-11H,7H2,1-2H3,(H,20,22). The maximum absolute atomic E-state index is 13.7. The molecule has 0 bridgehead atoms. The molecule has 1 amide bonds. The van der Waals surface area contributed by atoms with Crippen LogP contribution in [0.1, 0.15) is 33.2 Å². The lowest BCUT2D eigenvalue weighted by atomic mass is 10.0. The van der Waals surface area contributed by atoms with Crippen LogP contribution in [0.25, 0.3) is 0 Å². The number of amides is 1. The Morgan fingerprint density at radius 1 is 1.23 bits per heavy atom. The van der Waals surface area contributed by atoms with E-state index in [4.69, 9.17) is 0 Å². The topological polar surface area (TPSA) is 98.5 Å². The number of rotatable bonds is 6. The first kappa shape index (κ1) is 19.0. The minimum absolute atomic E-state index is 0.0556. The van der Waals surface area contributed by atoms with Crippen LogP contribution in [0.2, 0.25) is 0 Å². The number of non-ortho nitro benzene ring substituents is 1. The quantitative estimate of drug-likeness (QED) is 0.485.